The Morgan fingerprint density at radius 3 is 2.09 bits per heavy atom. The predicted octanol–water partition coefficient (Wildman–Crippen LogP) is 4.68. The van der Waals surface area contributed by atoms with Gasteiger partial charge in [-0.3, -0.25) is 0 Å². The Bertz CT molecular complexity index is 892. The van der Waals surface area contributed by atoms with Gasteiger partial charge < -0.3 is 0 Å². The van der Waals surface area contributed by atoms with Crippen LogP contribution in [0.25, 0.3) is 21.8 Å². The van der Waals surface area contributed by atoms with Crippen molar-refractivity contribution in [1.82, 2.24) is 0 Å². The van der Waals surface area contributed by atoms with Gasteiger partial charge in [0, 0.05) is 0 Å². The molecule has 3 aromatic rings. The fourth-order valence-electron chi connectivity index (χ4n) is 2.32. The van der Waals surface area contributed by atoms with Crippen molar-refractivity contribution in [3.63, 3.8) is 0 Å². The molecule has 1 aromatic heterocycles. The first-order chi connectivity index (χ1) is 10.4. The number of benzene rings is 2. The molecule has 0 aliphatic heterocycles. The van der Waals surface area contributed by atoms with Crippen LogP contribution in [-0.4, -0.2) is 6.91 Å². The van der Waals surface area contributed by atoms with Crippen LogP contribution in [0.1, 0.15) is 0 Å². The molecule has 0 aliphatic rings. The third-order valence-electron chi connectivity index (χ3n) is 3.32. The predicted molar refractivity (Wildman–Crippen MR) is 70.5 cm³/mol. The summed E-state index contributed by atoms with van der Waals surface area (Å²) in [5.41, 5.74) is -0.653. The number of halogens is 6. The van der Waals surface area contributed by atoms with Gasteiger partial charge in [-0.25, -0.2) is 0 Å². The minimum atomic E-state index is -1.88. The zero-order chi connectivity index (χ0) is 16.0. The average molecular weight is 310 g/mol. The molecule has 0 amide bonds. The molecule has 2 aromatic carbocycles. The van der Waals surface area contributed by atoms with Gasteiger partial charge in [-0.1, -0.05) is 0 Å². The van der Waals surface area contributed by atoms with Gasteiger partial charge in [-0.15, -0.1) is 0 Å². The molecular formula is C15H5BF6. The van der Waals surface area contributed by atoms with E-state index in [9.17, 15) is 26.3 Å². The van der Waals surface area contributed by atoms with Crippen molar-refractivity contribution in [2.45, 2.75) is 0 Å². The zero-order valence-corrected chi connectivity index (χ0v) is 10.7. The van der Waals surface area contributed by atoms with E-state index in [-0.39, 0.29) is 5.46 Å². The third kappa shape index (κ3) is 2.00. The molecule has 0 saturated carbocycles. The summed E-state index contributed by atoms with van der Waals surface area (Å²) in [5.74, 6) is -9.20. The average Bonchev–Trinajstić information content (AvgIpc) is 2.53. The van der Waals surface area contributed by atoms with Gasteiger partial charge in [0.05, 0.1) is 0 Å². The molecule has 22 heavy (non-hydrogen) atoms. The van der Waals surface area contributed by atoms with Gasteiger partial charge in [0.1, 0.15) is 0 Å². The van der Waals surface area contributed by atoms with E-state index in [2.05, 4.69) is 0 Å². The number of hydrogen-bond acceptors (Lipinski definition) is 0. The van der Waals surface area contributed by atoms with Crippen molar-refractivity contribution in [1.29, 1.82) is 0 Å². The van der Waals surface area contributed by atoms with Gasteiger partial charge in [0.25, 0.3) is 0 Å². The van der Waals surface area contributed by atoms with Crippen molar-refractivity contribution < 1.29 is 26.3 Å². The molecule has 3 rings (SSSR count). The van der Waals surface area contributed by atoms with Gasteiger partial charge in [0.2, 0.25) is 0 Å². The van der Waals surface area contributed by atoms with Gasteiger partial charge in [-0.05, 0) is 0 Å². The maximum atomic E-state index is 14.1. The molecular weight excluding hydrogens is 305 g/mol. The van der Waals surface area contributed by atoms with E-state index in [0.717, 1.165) is 0 Å². The fraction of sp³-hybridized carbons (Fsp3) is 0. The van der Waals surface area contributed by atoms with E-state index in [4.69, 9.17) is 0 Å². The molecule has 7 heteroatoms. The second kappa shape index (κ2) is 5.16. The molecule has 0 atom stereocenters. The van der Waals surface area contributed by atoms with E-state index < -0.39 is 51.2 Å². The Labute approximate surface area is 121 Å². The summed E-state index contributed by atoms with van der Waals surface area (Å²) < 4.78 is 82.3. The quantitative estimate of drug-likeness (QED) is 0.452. The van der Waals surface area contributed by atoms with Crippen LogP contribution in [0.5, 0.6) is 0 Å². The number of fused-ring (bicyclic) bond motifs is 1. The standard InChI is InChI=1S/C15H5BF6/c17-8-5-6-9(13(20)12(8)19)10(7-3-1-2-4-16-7)14(21)15(22)11(6)18/h1-5H. The summed E-state index contributed by atoms with van der Waals surface area (Å²) >= 11 is 0. The third-order valence-corrected chi connectivity index (χ3v) is 3.32. The molecule has 0 bridgehead atoms. The van der Waals surface area contributed by atoms with Crippen molar-refractivity contribution >= 4 is 17.7 Å². The Hall–Kier alpha value is -2.31. The van der Waals surface area contributed by atoms with Crippen LogP contribution >= 0.6 is 0 Å². The van der Waals surface area contributed by atoms with Crippen LogP contribution in [0.2, 0.25) is 0 Å². The molecule has 0 unspecified atom stereocenters. The molecule has 0 N–H and O–H groups in total. The molecule has 0 fully saturated rings. The van der Waals surface area contributed by atoms with Crippen LogP contribution < -0.4 is 0 Å². The maximum absolute atomic E-state index is 14.1. The van der Waals surface area contributed by atoms with Crippen molar-refractivity contribution in [2.24, 2.45) is 0 Å². The van der Waals surface area contributed by atoms with E-state index in [0.29, 0.717) is 6.07 Å². The SMILES string of the molecule is Fc1cc2c(F)c(F)c(F)c(-c3bcccc3)c2c(F)c1F. The van der Waals surface area contributed by atoms with E-state index in [1.807, 2.05) is 0 Å². The van der Waals surface area contributed by atoms with Gasteiger partial charge in [-0.2, -0.15) is 0 Å². The Morgan fingerprint density at radius 1 is 0.727 bits per heavy atom. The summed E-state index contributed by atoms with van der Waals surface area (Å²) in [5, 5.41) is -1.71. The molecule has 0 nitrogen and oxygen atoms in total. The minimum absolute atomic E-state index is 0.00816. The summed E-state index contributed by atoms with van der Waals surface area (Å²) in [6.07, 6.45) is 0. The topological polar surface area (TPSA) is 0 Å². The van der Waals surface area contributed by atoms with E-state index in [1.54, 1.807) is 6.07 Å². The van der Waals surface area contributed by atoms with E-state index in [1.165, 1.54) is 25.0 Å². The monoisotopic (exact) mass is 310 g/mol. The van der Waals surface area contributed by atoms with Crippen LogP contribution in [0.4, 0.5) is 26.3 Å². The molecule has 0 radical (unpaired) electrons. The van der Waals surface area contributed by atoms with E-state index >= 15 is 0 Å². The van der Waals surface area contributed by atoms with Crippen molar-refractivity contribution in [3.8, 4) is 11.0 Å². The second-order valence-electron chi connectivity index (χ2n) is 4.59. The first-order valence-corrected chi connectivity index (χ1v) is 6.12. The summed E-state index contributed by atoms with van der Waals surface area (Å²) in [6.45, 7) is 1.32. The molecule has 1 heterocycles. The van der Waals surface area contributed by atoms with Crippen LogP contribution in [0.3, 0.4) is 0 Å². The Morgan fingerprint density at radius 2 is 1.45 bits per heavy atom. The van der Waals surface area contributed by atoms with Crippen LogP contribution in [0.15, 0.2) is 30.2 Å². The van der Waals surface area contributed by atoms with Gasteiger partial charge in [0.15, 0.2) is 0 Å². The van der Waals surface area contributed by atoms with Crippen LogP contribution in [0, 0.1) is 34.9 Å². The summed E-state index contributed by atoms with van der Waals surface area (Å²) in [4.78, 5) is 0. The Kier molecular flexibility index (Phi) is 3.43. The second-order valence-corrected chi connectivity index (χ2v) is 4.59. The van der Waals surface area contributed by atoms with Crippen molar-refractivity contribution in [3.05, 3.63) is 65.1 Å². The zero-order valence-electron chi connectivity index (χ0n) is 10.7. The molecule has 0 saturated heterocycles. The summed E-state index contributed by atoms with van der Waals surface area (Å²) in [7, 11) is 0. The Balaban J connectivity index is 2.59. The molecule has 110 valence electrons. The van der Waals surface area contributed by atoms with Crippen LogP contribution in [-0.2, 0) is 0 Å². The van der Waals surface area contributed by atoms with Gasteiger partial charge >= 0.3 is 120 Å². The molecule has 0 spiro atoms. The van der Waals surface area contributed by atoms with Crippen molar-refractivity contribution in [2.75, 3.05) is 0 Å². The first kappa shape index (κ1) is 14.6. The first-order valence-electron chi connectivity index (χ1n) is 6.12. The normalized spacial score (nSPS) is 11.0. The fourth-order valence-corrected chi connectivity index (χ4v) is 2.32. The molecule has 0 aliphatic carbocycles. The number of hydrogen-bond donors (Lipinski definition) is 0. The summed E-state index contributed by atoms with van der Waals surface area (Å²) in [6, 6.07) is 4.65. The number of rotatable bonds is 1.